The van der Waals surface area contributed by atoms with E-state index in [1.165, 1.54) is 4.90 Å². The minimum absolute atomic E-state index is 0.0189. The van der Waals surface area contributed by atoms with Crippen LogP contribution >= 0.6 is 0 Å². The van der Waals surface area contributed by atoms with E-state index >= 15 is 0 Å². The van der Waals surface area contributed by atoms with Gasteiger partial charge in [-0.3, -0.25) is 0 Å². The number of carboxylic acid groups (broad SMARTS) is 1. The minimum atomic E-state index is -0.899. The molecule has 1 fully saturated rings. The van der Waals surface area contributed by atoms with Crippen LogP contribution in [0.1, 0.15) is 43.1 Å². The molecule has 1 amide bonds. The van der Waals surface area contributed by atoms with E-state index in [9.17, 15) is 14.7 Å². The first-order valence-corrected chi connectivity index (χ1v) is 7.72. The number of hydrogen-bond donors (Lipinski definition) is 2. The molecule has 0 aliphatic heterocycles. The van der Waals surface area contributed by atoms with Gasteiger partial charge in [-0.05, 0) is 31.2 Å². The van der Waals surface area contributed by atoms with Crippen LogP contribution in [-0.4, -0.2) is 32.3 Å². The number of aromatic nitrogens is 2. The Bertz CT molecular complexity index is 701. The van der Waals surface area contributed by atoms with Crippen LogP contribution < -0.4 is 5.76 Å². The van der Waals surface area contributed by atoms with Gasteiger partial charge in [0, 0.05) is 18.5 Å². The summed E-state index contributed by atoms with van der Waals surface area (Å²) in [5, 5.41) is 15.7. The van der Waals surface area contributed by atoms with Crippen LogP contribution in [0.4, 0.5) is 4.79 Å². The normalized spacial score (nSPS) is 21.0. The molecular formula is C16H19N3O4. The van der Waals surface area contributed by atoms with Crippen molar-refractivity contribution in [3.8, 4) is 0 Å². The average Bonchev–Trinajstić information content (AvgIpc) is 3.00. The number of nitrogens with zero attached hydrogens (tertiary/aromatic N) is 2. The van der Waals surface area contributed by atoms with E-state index in [2.05, 4.69) is 10.2 Å². The van der Waals surface area contributed by atoms with Crippen LogP contribution in [0.2, 0.25) is 0 Å². The van der Waals surface area contributed by atoms with Gasteiger partial charge in [-0.15, -0.1) is 5.10 Å². The summed E-state index contributed by atoms with van der Waals surface area (Å²) in [4.78, 5) is 24.1. The molecule has 1 aliphatic rings. The van der Waals surface area contributed by atoms with E-state index < -0.39 is 11.8 Å². The Balaban J connectivity index is 1.64. The molecule has 23 heavy (non-hydrogen) atoms. The van der Waals surface area contributed by atoms with E-state index in [0.29, 0.717) is 12.4 Å². The van der Waals surface area contributed by atoms with E-state index in [-0.39, 0.29) is 12.0 Å². The Morgan fingerprint density at radius 3 is 2.52 bits per heavy atom. The van der Waals surface area contributed by atoms with Gasteiger partial charge in [0.1, 0.15) is 0 Å². The zero-order chi connectivity index (χ0) is 16.2. The fraction of sp³-hybridized carbons (Fsp3) is 0.438. The molecule has 3 rings (SSSR count). The molecule has 0 saturated heterocycles. The Kier molecular flexibility index (Phi) is 4.45. The van der Waals surface area contributed by atoms with Crippen LogP contribution in [0.25, 0.3) is 0 Å². The van der Waals surface area contributed by atoms with E-state index in [4.69, 9.17) is 4.42 Å². The number of rotatable bonds is 4. The van der Waals surface area contributed by atoms with Gasteiger partial charge >= 0.3 is 11.8 Å². The summed E-state index contributed by atoms with van der Waals surface area (Å²) in [6, 6.07) is 9.57. The molecule has 2 N–H and O–H groups in total. The predicted molar refractivity (Wildman–Crippen MR) is 82.1 cm³/mol. The molecule has 0 unspecified atom stereocenters. The van der Waals surface area contributed by atoms with Crippen molar-refractivity contribution in [1.82, 2.24) is 15.1 Å². The number of aromatic amines is 1. The van der Waals surface area contributed by atoms with Gasteiger partial charge in [0.25, 0.3) is 0 Å². The number of carbonyl (C=O) groups is 1. The lowest BCUT2D eigenvalue weighted by Crippen LogP contribution is -2.40. The average molecular weight is 317 g/mol. The summed E-state index contributed by atoms with van der Waals surface area (Å²) in [6.07, 6.45) is 2.10. The number of nitrogens with one attached hydrogen (secondary N) is 1. The number of benzene rings is 1. The maximum atomic E-state index is 11.6. The lowest BCUT2D eigenvalue weighted by molar-refractivity contribution is 0.103. The molecule has 1 aliphatic carbocycles. The second kappa shape index (κ2) is 6.68. The van der Waals surface area contributed by atoms with E-state index in [1.807, 2.05) is 30.3 Å². The molecule has 1 saturated carbocycles. The van der Waals surface area contributed by atoms with Crippen molar-refractivity contribution in [2.45, 2.75) is 44.2 Å². The van der Waals surface area contributed by atoms with Crippen LogP contribution in [0.3, 0.4) is 0 Å². The molecule has 0 radical (unpaired) electrons. The molecule has 1 aromatic heterocycles. The van der Waals surface area contributed by atoms with Gasteiger partial charge in [-0.25, -0.2) is 14.7 Å². The number of amides is 1. The van der Waals surface area contributed by atoms with Gasteiger partial charge in [-0.2, -0.15) is 0 Å². The first-order chi connectivity index (χ1) is 11.1. The van der Waals surface area contributed by atoms with Gasteiger partial charge < -0.3 is 14.4 Å². The highest BCUT2D eigenvalue weighted by Crippen LogP contribution is 2.34. The van der Waals surface area contributed by atoms with Crippen molar-refractivity contribution >= 4 is 6.09 Å². The van der Waals surface area contributed by atoms with Crippen molar-refractivity contribution in [2.75, 3.05) is 0 Å². The second-order valence-corrected chi connectivity index (χ2v) is 5.85. The lowest BCUT2D eigenvalue weighted by atomic mass is 9.85. The maximum Gasteiger partial charge on any atom is 0.434 e. The molecule has 0 atom stereocenters. The van der Waals surface area contributed by atoms with Gasteiger partial charge in [0.2, 0.25) is 5.89 Å². The molecule has 1 heterocycles. The van der Waals surface area contributed by atoms with Gasteiger partial charge in [-0.1, -0.05) is 30.3 Å². The summed E-state index contributed by atoms with van der Waals surface area (Å²) in [5.74, 6) is -0.0330. The molecule has 2 aromatic rings. The van der Waals surface area contributed by atoms with Gasteiger partial charge in [0.05, 0.1) is 0 Å². The molecule has 7 heteroatoms. The number of H-pyrrole nitrogens is 1. The Hall–Kier alpha value is -2.57. The van der Waals surface area contributed by atoms with Crippen molar-refractivity contribution in [2.24, 2.45) is 0 Å². The Morgan fingerprint density at radius 1 is 1.26 bits per heavy atom. The summed E-state index contributed by atoms with van der Waals surface area (Å²) < 4.78 is 5.01. The molecule has 1 aromatic carbocycles. The summed E-state index contributed by atoms with van der Waals surface area (Å²) in [7, 11) is 0. The van der Waals surface area contributed by atoms with Crippen molar-refractivity contribution in [3.63, 3.8) is 0 Å². The largest absolute Gasteiger partial charge is 0.465 e. The summed E-state index contributed by atoms with van der Waals surface area (Å²) in [6.45, 7) is 0.392. The quantitative estimate of drug-likeness (QED) is 0.903. The van der Waals surface area contributed by atoms with Crippen LogP contribution in [0.5, 0.6) is 0 Å². The third kappa shape index (κ3) is 3.61. The molecule has 7 nitrogen and oxygen atoms in total. The summed E-state index contributed by atoms with van der Waals surface area (Å²) >= 11 is 0. The fourth-order valence-corrected chi connectivity index (χ4v) is 3.18. The molecular weight excluding hydrogens is 298 g/mol. The minimum Gasteiger partial charge on any atom is -0.465 e. The van der Waals surface area contributed by atoms with Crippen molar-refractivity contribution in [1.29, 1.82) is 0 Å². The van der Waals surface area contributed by atoms with Crippen LogP contribution in [0, 0.1) is 0 Å². The smallest absolute Gasteiger partial charge is 0.434 e. The highest BCUT2D eigenvalue weighted by atomic mass is 16.4. The zero-order valence-electron chi connectivity index (χ0n) is 12.6. The topological polar surface area (TPSA) is 99.4 Å². The highest BCUT2D eigenvalue weighted by molar-refractivity contribution is 5.65. The zero-order valence-corrected chi connectivity index (χ0v) is 12.6. The third-order valence-corrected chi connectivity index (χ3v) is 4.38. The first-order valence-electron chi connectivity index (χ1n) is 7.72. The SMILES string of the molecule is O=C(O)N(Cc1ccccc1)C1CCC(c2n[nH]c(=O)o2)CC1. The lowest BCUT2D eigenvalue weighted by Gasteiger charge is -2.34. The Morgan fingerprint density at radius 2 is 1.96 bits per heavy atom. The molecule has 0 spiro atoms. The number of hydrogen-bond acceptors (Lipinski definition) is 4. The third-order valence-electron chi connectivity index (χ3n) is 4.38. The maximum absolute atomic E-state index is 11.6. The highest BCUT2D eigenvalue weighted by Gasteiger charge is 2.31. The summed E-state index contributed by atoms with van der Waals surface area (Å²) in [5.41, 5.74) is 0.982. The fourth-order valence-electron chi connectivity index (χ4n) is 3.18. The van der Waals surface area contributed by atoms with E-state index in [0.717, 1.165) is 31.2 Å². The monoisotopic (exact) mass is 317 g/mol. The van der Waals surface area contributed by atoms with Crippen LogP contribution in [-0.2, 0) is 6.54 Å². The van der Waals surface area contributed by atoms with Crippen molar-refractivity contribution in [3.05, 3.63) is 52.3 Å². The molecule has 122 valence electrons. The molecule has 0 bridgehead atoms. The standard InChI is InChI=1S/C16H19N3O4/c20-15-18-17-14(23-15)12-6-8-13(9-7-12)19(16(21)22)10-11-4-2-1-3-5-11/h1-5,12-13H,6-10H2,(H,18,20)(H,21,22). The Labute approximate surface area is 132 Å². The first kappa shape index (κ1) is 15.3. The van der Waals surface area contributed by atoms with Crippen molar-refractivity contribution < 1.29 is 14.3 Å². The predicted octanol–water partition coefficient (Wildman–Crippen LogP) is 2.57. The van der Waals surface area contributed by atoms with E-state index in [1.54, 1.807) is 0 Å². The van der Waals surface area contributed by atoms with Gasteiger partial charge in [0.15, 0.2) is 0 Å². The van der Waals surface area contributed by atoms with Crippen LogP contribution in [0.15, 0.2) is 39.5 Å². The second-order valence-electron chi connectivity index (χ2n) is 5.85.